The molecule has 0 aliphatic carbocycles. The SMILES string of the molecule is CC[C@H](C(=O)N1CCN(C(=O)c2cc3cc(OC)ccc3[nH]2)CC1)c1ccccc1. The van der Waals surface area contributed by atoms with Crippen molar-refractivity contribution in [3.05, 3.63) is 65.9 Å². The maximum Gasteiger partial charge on any atom is 0.270 e. The monoisotopic (exact) mass is 405 g/mol. The van der Waals surface area contributed by atoms with E-state index in [0.29, 0.717) is 31.9 Å². The predicted octanol–water partition coefficient (Wildman–Crippen LogP) is 3.65. The van der Waals surface area contributed by atoms with Gasteiger partial charge in [0.15, 0.2) is 0 Å². The van der Waals surface area contributed by atoms with Crippen LogP contribution in [-0.2, 0) is 4.79 Å². The number of hydrogen-bond donors (Lipinski definition) is 1. The van der Waals surface area contributed by atoms with Crippen LogP contribution >= 0.6 is 0 Å². The van der Waals surface area contributed by atoms with Crippen molar-refractivity contribution in [2.75, 3.05) is 33.3 Å². The second kappa shape index (κ2) is 8.61. The van der Waals surface area contributed by atoms with Gasteiger partial charge in [0.2, 0.25) is 5.91 Å². The fourth-order valence-electron chi connectivity index (χ4n) is 4.11. The maximum atomic E-state index is 13.1. The first-order chi connectivity index (χ1) is 14.6. The lowest BCUT2D eigenvalue weighted by molar-refractivity contribution is -0.134. The summed E-state index contributed by atoms with van der Waals surface area (Å²) >= 11 is 0. The second-order valence-electron chi connectivity index (χ2n) is 7.63. The number of aromatic nitrogens is 1. The molecular formula is C24H27N3O3. The van der Waals surface area contributed by atoms with E-state index in [1.54, 1.807) is 7.11 Å². The minimum atomic E-state index is -0.128. The molecule has 156 valence electrons. The molecule has 0 unspecified atom stereocenters. The number of methoxy groups -OCH3 is 1. The molecule has 6 heteroatoms. The molecule has 2 amide bonds. The lowest BCUT2D eigenvalue weighted by Gasteiger charge is -2.36. The zero-order valence-electron chi connectivity index (χ0n) is 17.4. The molecule has 6 nitrogen and oxygen atoms in total. The van der Waals surface area contributed by atoms with Crippen molar-refractivity contribution in [1.29, 1.82) is 0 Å². The van der Waals surface area contributed by atoms with Crippen molar-refractivity contribution in [3.63, 3.8) is 0 Å². The van der Waals surface area contributed by atoms with Crippen LogP contribution in [0.2, 0.25) is 0 Å². The lowest BCUT2D eigenvalue weighted by atomic mass is 9.95. The van der Waals surface area contributed by atoms with E-state index < -0.39 is 0 Å². The first-order valence-electron chi connectivity index (χ1n) is 10.4. The largest absolute Gasteiger partial charge is 0.497 e. The highest BCUT2D eigenvalue weighted by Crippen LogP contribution is 2.24. The standard InChI is InChI=1S/C24H27N3O3/c1-3-20(17-7-5-4-6-8-17)23(28)26-11-13-27(14-12-26)24(29)22-16-18-15-19(30-2)9-10-21(18)25-22/h4-10,15-16,20,25H,3,11-14H2,1-2H3/t20-/m0/s1. The predicted molar refractivity (Wildman–Crippen MR) is 117 cm³/mol. The minimum Gasteiger partial charge on any atom is -0.497 e. The number of H-pyrrole nitrogens is 1. The van der Waals surface area contributed by atoms with Crippen LogP contribution in [-0.4, -0.2) is 59.9 Å². The van der Waals surface area contributed by atoms with Gasteiger partial charge in [-0.1, -0.05) is 37.3 Å². The number of ether oxygens (including phenoxy) is 1. The summed E-state index contributed by atoms with van der Waals surface area (Å²) < 4.78 is 5.26. The number of nitrogens with one attached hydrogen (secondary N) is 1. The quantitative estimate of drug-likeness (QED) is 0.705. The van der Waals surface area contributed by atoms with Crippen LogP contribution < -0.4 is 4.74 Å². The van der Waals surface area contributed by atoms with E-state index in [1.807, 2.05) is 71.3 Å². The Morgan fingerprint density at radius 2 is 1.70 bits per heavy atom. The molecule has 1 fully saturated rings. The Morgan fingerprint density at radius 3 is 2.37 bits per heavy atom. The molecule has 2 aromatic carbocycles. The Hall–Kier alpha value is -3.28. The number of carbonyl (C=O) groups excluding carboxylic acids is 2. The highest BCUT2D eigenvalue weighted by atomic mass is 16.5. The third kappa shape index (κ3) is 3.90. The summed E-state index contributed by atoms with van der Waals surface area (Å²) in [5.74, 6) is 0.745. The van der Waals surface area contributed by atoms with Gasteiger partial charge in [0.05, 0.1) is 13.0 Å². The Bertz CT molecular complexity index is 1040. The molecule has 3 aromatic rings. The summed E-state index contributed by atoms with van der Waals surface area (Å²) in [6.07, 6.45) is 0.764. The number of carbonyl (C=O) groups is 2. The first kappa shape index (κ1) is 20.0. The number of aromatic amines is 1. The molecule has 1 aromatic heterocycles. The van der Waals surface area contributed by atoms with Crippen LogP contribution in [0.15, 0.2) is 54.6 Å². The molecule has 1 saturated heterocycles. The summed E-state index contributed by atoms with van der Waals surface area (Å²) in [6.45, 7) is 4.23. The highest BCUT2D eigenvalue weighted by molar-refractivity contribution is 5.98. The van der Waals surface area contributed by atoms with Crippen LogP contribution in [0.25, 0.3) is 10.9 Å². The third-order valence-electron chi connectivity index (χ3n) is 5.85. The number of hydrogen-bond acceptors (Lipinski definition) is 3. The van der Waals surface area contributed by atoms with Gasteiger partial charge in [0.25, 0.3) is 5.91 Å². The van der Waals surface area contributed by atoms with E-state index in [2.05, 4.69) is 4.98 Å². The van der Waals surface area contributed by atoms with Crippen LogP contribution in [0.3, 0.4) is 0 Å². The molecule has 0 saturated carbocycles. The van der Waals surface area contributed by atoms with Crippen molar-refractivity contribution in [2.45, 2.75) is 19.3 Å². The van der Waals surface area contributed by atoms with Gasteiger partial charge in [-0.25, -0.2) is 0 Å². The molecule has 0 radical (unpaired) electrons. The molecular weight excluding hydrogens is 378 g/mol. The average molecular weight is 405 g/mol. The van der Waals surface area contributed by atoms with Crippen molar-refractivity contribution >= 4 is 22.7 Å². The molecule has 1 aliphatic heterocycles. The van der Waals surface area contributed by atoms with Gasteiger partial charge >= 0.3 is 0 Å². The van der Waals surface area contributed by atoms with Crippen molar-refractivity contribution in [1.82, 2.24) is 14.8 Å². The van der Waals surface area contributed by atoms with Gasteiger partial charge in [-0.3, -0.25) is 9.59 Å². The molecule has 1 N–H and O–H groups in total. The zero-order valence-corrected chi connectivity index (χ0v) is 17.4. The molecule has 1 atom stereocenters. The Morgan fingerprint density at radius 1 is 1.00 bits per heavy atom. The minimum absolute atomic E-state index is 0.0348. The summed E-state index contributed by atoms with van der Waals surface area (Å²) in [5, 5.41) is 0.945. The smallest absolute Gasteiger partial charge is 0.270 e. The van der Waals surface area contributed by atoms with Crippen LogP contribution in [0, 0.1) is 0 Å². The fraction of sp³-hybridized carbons (Fsp3) is 0.333. The third-order valence-corrected chi connectivity index (χ3v) is 5.85. The lowest BCUT2D eigenvalue weighted by Crippen LogP contribution is -2.51. The summed E-state index contributed by atoms with van der Waals surface area (Å²) in [4.78, 5) is 32.9. The molecule has 1 aliphatic rings. The van der Waals surface area contributed by atoms with Crippen LogP contribution in [0.1, 0.15) is 35.3 Å². The number of rotatable bonds is 5. The number of benzene rings is 2. The number of fused-ring (bicyclic) bond motifs is 1. The van der Waals surface area contributed by atoms with E-state index >= 15 is 0 Å². The fourth-order valence-corrected chi connectivity index (χ4v) is 4.11. The summed E-state index contributed by atoms with van der Waals surface area (Å²) in [7, 11) is 1.63. The Balaban J connectivity index is 1.41. The van der Waals surface area contributed by atoms with Gasteiger partial charge in [-0.05, 0) is 36.2 Å². The van der Waals surface area contributed by atoms with Crippen LogP contribution in [0.5, 0.6) is 5.75 Å². The molecule has 4 rings (SSSR count). The first-order valence-corrected chi connectivity index (χ1v) is 10.4. The number of nitrogens with zero attached hydrogens (tertiary/aromatic N) is 2. The maximum absolute atomic E-state index is 13.1. The van der Waals surface area contributed by atoms with Crippen LogP contribution in [0.4, 0.5) is 0 Å². The van der Waals surface area contributed by atoms with Crippen molar-refractivity contribution in [3.8, 4) is 5.75 Å². The molecule has 30 heavy (non-hydrogen) atoms. The number of piperazine rings is 1. The molecule has 0 spiro atoms. The normalized spacial score (nSPS) is 15.3. The number of amides is 2. The van der Waals surface area contributed by atoms with E-state index in [-0.39, 0.29) is 17.7 Å². The van der Waals surface area contributed by atoms with Gasteiger partial charge < -0.3 is 19.5 Å². The summed E-state index contributed by atoms with van der Waals surface area (Å²) in [6, 6.07) is 17.5. The van der Waals surface area contributed by atoms with Crippen molar-refractivity contribution < 1.29 is 14.3 Å². The van der Waals surface area contributed by atoms with Gasteiger partial charge in [-0.2, -0.15) is 0 Å². The molecule has 2 heterocycles. The average Bonchev–Trinajstić information content (AvgIpc) is 3.23. The van der Waals surface area contributed by atoms with E-state index in [9.17, 15) is 9.59 Å². The van der Waals surface area contributed by atoms with E-state index in [0.717, 1.165) is 28.6 Å². The molecule has 0 bridgehead atoms. The van der Waals surface area contributed by atoms with Gasteiger partial charge in [0.1, 0.15) is 11.4 Å². The Labute approximate surface area is 176 Å². The summed E-state index contributed by atoms with van der Waals surface area (Å²) in [5.41, 5.74) is 2.52. The van der Waals surface area contributed by atoms with Crippen molar-refractivity contribution in [2.24, 2.45) is 0 Å². The Kier molecular flexibility index (Phi) is 5.74. The highest BCUT2D eigenvalue weighted by Gasteiger charge is 2.29. The van der Waals surface area contributed by atoms with E-state index in [4.69, 9.17) is 4.74 Å². The van der Waals surface area contributed by atoms with E-state index in [1.165, 1.54) is 0 Å². The topological polar surface area (TPSA) is 65.6 Å². The second-order valence-corrected chi connectivity index (χ2v) is 7.63. The zero-order chi connectivity index (χ0) is 21.1. The van der Waals surface area contributed by atoms with Gasteiger partial charge in [0, 0.05) is 37.1 Å². The van der Waals surface area contributed by atoms with Gasteiger partial charge in [-0.15, -0.1) is 0 Å².